The van der Waals surface area contributed by atoms with E-state index in [0.29, 0.717) is 5.69 Å². The van der Waals surface area contributed by atoms with E-state index >= 15 is 0 Å². The Bertz CT molecular complexity index is 669. The number of halogens is 1. The molecule has 0 amide bonds. The zero-order valence-electron chi connectivity index (χ0n) is 10.1. The number of hydrogen-bond donors (Lipinski definition) is 1. The summed E-state index contributed by atoms with van der Waals surface area (Å²) in [4.78, 5) is 1.13. The third-order valence-electron chi connectivity index (χ3n) is 2.48. The number of nitrogens with one attached hydrogen (secondary N) is 1. The van der Waals surface area contributed by atoms with Crippen LogP contribution in [0.4, 0.5) is 5.69 Å². The van der Waals surface area contributed by atoms with Crippen molar-refractivity contribution in [1.29, 1.82) is 0 Å². The Morgan fingerprint density at radius 2 is 1.68 bits per heavy atom. The molecule has 6 heteroatoms. The molecule has 0 aliphatic heterocycles. The van der Waals surface area contributed by atoms with Crippen molar-refractivity contribution in [2.45, 2.75) is 9.79 Å². The van der Waals surface area contributed by atoms with E-state index in [4.69, 9.17) is 0 Å². The maximum absolute atomic E-state index is 12.2. The van der Waals surface area contributed by atoms with Gasteiger partial charge in [-0.1, -0.05) is 28.1 Å². The zero-order valence-corrected chi connectivity index (χ0v) is 13.3. The Kier molecular flexibility index (Phi) is 4.54. The largest absolute Gasteiger partial charge is 0.278 e. The number of hydrogen-bond acceptors (Lipinski definition) is 3. The first-order valence-electron chi connectivity index (χ1n) is 5.44. The van der Waals surface area contributed by atoms with Gasteiger partial charge in [0.15, 0.2) is 0 Å². The fraction of sp³-hybridized carbons (Fsp3) is 0.0769. The first kappa shape index (κ1) is 14.4. The van der Waals surface area contributed by atoms with Gasteiger partial charge in [0.25, 0.3) is 10.0 Å². The summed E-state index contributed by atoms with van der Waals surface area (Å²) in [6.07, 6.45) is 1.91. The predicted octanol–water partition coefficient (Wildman–Crippen LogP) is 3.97. The third-order valence-corrected chi connectivity index (χ3v) is 5.18. The van der Waals surface area contributed by atoms with Gasteiger partial charge in [0.1, 0.15) is 0 Å². The Morgan fingerprint density at radius 3 is 2.32 bits per heavy atom. The summed E-state index contributed by atoms with van der Waals surface area (Å²) in [7, 11) is -3.55. The van der Waals surface area contributed by atoms with Gasteiger partial charge in [0.2, 0.25) is 0 Å². The van der Waals surface area contributed by atoms with Crippen LogP contribution in [0.15, 0.2) is 62.8 Å². The molecule has 0 spiro atoms. The highest BCUT2D eigenvalue weighted by atomic mass is 79.9. The highest BCUT2D eigenvalue weighted by Gasteiger charge is 2.15. The van der Waals surface area contributed by atoms with E-state index < -0.39 is 10.0 Å². The monoisotopic (exact) mass is 357 g/mol. The smallest absolute Gasteiger partial charge is 0.261 e. The van der Waals surface area contributed by atoms with Crippen LogP contribution in [0.2, 0.25) is 0 Å². The number of rotatable bonds is 4. The number of benzene rings is 2. The van der Waals surface area contributed by atoms with Crippen LogP contribution in [0.1, 0.15) is 0 Å². The van der Waals surface area contributed by atoms with E-state index in [0.717, 1.165) is 9.37 Å². The number of thioether (sulfide) groups is 1. The van der Waals surface area contributed by atoms with Crippen LogP contribution >= 0.6 is 27.7 Å². The first-order chi connectivity index (χ1) is 9.03. The van der Waals surface area contributed by atoms with Crippen molar-refractivity contribution < 1.29 is 8.42 Å². The minimum atomic E-state index is -3.55. The molecule has 0 aromatic heterocycles. The van der Waals surface area contributed by atoms with Crippen LogP contribution in [-0.2, 0) is 10.0 Å². The summed E-state index contributed by atoms with van der Waals surface area (Å²) in [5, 5.41) is 0. The second kappa shape index (κ2) is 5.98. The Hall–Kier alpha value is -0.980. The molecule has 0 aliphatic rings. The molecule has 1 N–H and O–H groups in total. The SMILES string of the molecule is CSc1ccccc1NS(=O)(=O)c1ccc(Br)cc1. The quantitative estimate of drug-likeness (QED) is 0.842. The van der Waals surface area contributed by atoms with E-state index in [-0.39, 0.29) is 4.90 Å². The Balaban J connectivity index is 2.34. The van der Waals surface area contributed by atoms with E-state index in [1.54, 1.807) is 36.4 Å². The summed E-state index contributed by atoms with van der Waals surface area (Å²) < 4.78 is 27.9. The number of anilines is 1. The minimum Gasteiger partial charge on any atom is -0.278 e. The van der Waals surface area contributed by atoms with Crippen LogP contribution in [0.3, 0.4) is 0 Å². The average molecular weight is 358 g/mol. The summed E-state index contributed by atoms with van der Waals surface area (Å²) in [5.41, 5.74) is 0.595. The molecule has 0 saturated heterocycles. The van der Waals surface area contributed by atoms with Crippen LogP contribution in [0, 0.1) is 0 Å². The van der Waals surface area contributed by atoms with E-state index in [2.05, 4.69) is 20.7 Å². The summed E-state index contributed by atoms with van der Waals surface area (Å²) in [6, 6.07) is 13.8. The average Bonchev–Trinajstić information content (AvgIpc) is 2.39. The maximum atomic E-state index is 12.2. The van der Waals surface area contributed by atoms with Crippen molar-refractivity contribution in [3.63, 3.8) is 0 Å². The summed E-state index contributed by atoms with van der Waals surface area (Å²) in [6.45, 7) is 0. The lowest BCUT2D eigenvalue weighted by Crippen LogP contribution is -2.13. The van der Waals surface area contributed by atoms with Gasteiger partial charge < -0.3 is 0 Å². The lowest BCUT2D eigenvalue weighted by molar-refractivity contribution is 0.601. The molecule has 0 atom stereocenters. The van der Waals surface area contributed by atoms with Gasteiger partial charge in [0.05, 0.1) is 10.6 Å². The molecular formula is C13H12BrNO2S2. The van der Waals surface area contributed by atoms with Gasteiger partial charge in [0, 0.05) is 9.37 Å². The first-order valence-corrected chi connectivity index (χ1v) is 8.94. The standard InChI is InChI=1S/C13H12BrNO2S2/c1-18-13-5-3-2-4-12(13)15-19(16,17)11-8-6-10(14)7-9-11/h2-9,15H,1H3. The highest BCUT2D eigenvalue weighted by molar-refractivity contribution is 9.10. The molecule has 100 valence electrons. The van der Waals surface area contributed by atoms with Crippen molar-refractivity contribution in [3.05, 3.63) is 53.0 Å². The fourth-order valence-electron chi connectivity index (χ4n) is 1.55. The zero-order chi connectivity index (χ0) is 13.9. The lowest BCUT2D eigenvalue weighted by atomic mass is 10.3. The van der Waals surface area contributed by atoms with Crippen LogP contribution < -0.4 is 4.72 Å². The van der Waals surface area contributed by atoms with Crippen LogP contribution in [0.5, 0.6) is 0 Å². The summed E-state index contributed by atoms with van der Waals surface area (Å²) in [5.74, 6) is 0. The van der Waals surface area contributed by atoms with Gasteiger partial charge in [-0.25, -0.2) is 8.42 Å². The van der Waals surface area contributed by atoms with Gasteiger partial charge >= 0.3 is 0 Å². The molecule has 0 unspecified atom stereocenters. The predicted molar refractivity (Wildman–Crippen MR) is 83.2 cm³/mol. The molecule has 0 fully saturated rings. The highest BCUT2D eigenvalue weighted by Crippen LogP contribution is 2.27. The topological polar surface area (TPSA) is 46.2 Å². The molecule has 0 saturated carbocycles. The number of sulfonamides is 1. The van der Waals surface area contributed by atoms with Crippen molar-refractivity contribution >= 4 is 43.4 Å². The lowest BCUT2D eigenvalue weighted by Gasteiger charge is -2.11. The molecule has 0 radical (unpaired) electrons. The molecule has 3 nitrogen and oxygen atoms in total. The molecule has 2 rings (SSSR count). The van der Waals surface area contributed by atoms with E-state index in [9.17, 15) is 8.42 Å². The Labute approximate surface area is 125 Å². The minimum absolute atomic E-state index is 0.242. The molecular weight excluding hydrogens is 346 g/mol. The van der Waals surface area contributed by atoms with E-state index in [1.165, 1.54) is 11.8 Å². The van der Waals surface area contributed by atoms with Gasteiger partial charge in [-0.15, -0.1) is 11.8 Å². The normalized spacial score (nSPS) is 11.3. The third kappa shape index (κ3) is 3.52. The molecule has 0 aliphatic carbocycles. The molecule has 0 bridgehead atoms. The van der Waals surface area contributed by atoms with E-state index in [1.807, 2.05) is 18.4 Å². The Morgan fingerprint density at radius 1 is 1.05 bits per heavy atom. The molecule has 2 aromatic rings. The van der Waals surface area contributed by atoms with Gasteiger partial charge in [-0.05, 0) is 42.7 Å². The fourth-order valence-corrected chi connectivity index (χ4v) is 3.51. The second-order valence-electron chi connectivity index (χ2n) is 3.76. The van der Waals surface area contributed by atoms with Crippen molar-refractivity contribution in [2.75, 3.05) is 11.0 Å². The molecule has 19 heavy (non-hydrogen) atoms. The van der Waals surface area contributed by atoms with Gasteiger partial charge in [-0.2, -0.15) is 0 Å². The maximum Gasteiger partial charge on any atom is 0.261 e. The van der Waals surface area contributed by atoms with Crippen LogP contribution in [-0.4, -0.2) is 14.7 Å². The van der Waals surface area contributed by atoms with Crippen molar-refractivity contribution in [1.82, 2.24) is 0 Å². The summed E-state index contributed by atoms with van der Waals surface area (Å²) >= 11 is 4.78. The van der Waals surface area contributed by atoms with Crippen molar-refractivity contribution in [2.24, 2.45) is 0 Å². The van der Waals surface area contributed by atoms with Crippen LogP contribution in [0.25, 0.3) is 0 Å². The van der Waals surface area contributed by atoms with Gasteiger partial charge in [-0.3, -0.25) is 4.72 Å². The molecule has 2 aromatic carbocycles. The molecule has 0 heterocycles. The second-order valence-corrected chi connectivity index (χ2v) is 7.21. The number of para-hydroxylation sites is 1. The van der Waals surface area contributed by atoms with Crippen molar-refractivity contribution in [3.8, 4) is 0 Å².